The molecule has 1 amide bonds. The summed E-state index contributed by atoms with van der Waals surface area (Å²) in [5, 5.41) is 23.4. The van der Waals surface area contributed by atoms with Crippen LogP contribution in [0.4, 0.5) is 0 Å². The van der Waals surface area contributed by atoms with Crippen LogP contribution in [0.25, 0.3) is 0 Å². The first-order chi connectivity index (χ1) is 38.0. The molecule has 456 valence electrons. The summed E-state index contributed by atoms with van der Waals surface area (Å²) in [5.41, 5.74) is 0. The summed E-state index contributed by atoms with van der Waals surface area (Å²) in [7, 11) is 0. The minimum Gasteiger partial charge on any atom is -0.466 e. The lowest BCUT2D eigenvalue weighted by atomic mass is 10.0. The number of carbonyl (C=O) groups excluding carboxylic acids is 2. The molecule has 0 heterocycles. The summed E-state index contributed by atoms with van der Waals surface area (Å²) in [6, 6.07) is -0.544. The first kappa shape index (κ1) is 75.3. The van der Waals surface area contributed by atoms with Gasteiger partial charge in [-0.15, -0.1) is 0 Å². The van der Waals surface area contributed by atoms with Crippen LogP contribution in [-0.4, -0.2) is 47.4 Å². The van der Waals surface area contributed by atoms with E-state index in [9.17, 15) is 19.8 Å². The normalized spacial score (nSPS) is 12.6. The van der Waals surface area contributed by atoms with Crippen LogP contribution in [0.15, 0.2) is 24.3 Å². The highest BCUT2D eigenvalue weighted by molar-refractivity contribution is 5.76. The summed E-state index contributed by atoms with van der Waals surface area (Å²) in [6.45, 7) is 4.98. The van der Waals surface area contributed by atoms with E-state index in [2.05, 4.69) is 43.5 Å². The Balaban J connectivity index is 3.39. The number of nitrogens with one attached hydrogen (secondary N) is 1. The number of aliphatic hydroxyl groups is 2. The molecule has 0 fully saturated rings. The molecule has 2 atom stereocenters. The summed E-state index contributed by atoms with van der Waals surface area (Å²) >= 11 is 0. The summed E-state index contributed by atoms with van der Waals surface area (Å²) in [6.07, 6.45) is 83.6. The lowest BCUT2D eigenvalue weighted by Gasteiger charge is -2.22. The van der Waals surface area contributed by atoms with Crippen molar-refractivity contribution < 1.29 is 24.5 Å². The molecular weight excluding hydrogens is 947 g/mol. The zero-order valence-electron chi connectivity index (χ0n) is 52.2. The van der Waals surface area contributed by atoms with Gasteiger partial charge in [-0.05, 0) is 77.0 Å². The van der Waals surface area contributed by atoms with E-state index in [1.807, 2.05) is 0 Å². The van der Waals surface area contributed by atoms with Crippen LogP contribution in [0, 0.1) is 0 Å². The maximum atomic E-state index is 12.5. The predicted octanol–water partition coefficient (Wildman–Crippen LogP) is 22.5. The highest BCUT2D eigenvalue weighted by Gasteiger charge is 2.20. The van der Waals surface area contributed by atoms with Gasteiger partial charge in [0.15, 0.2) is 0 Å². The monoisotopic (exact) mass is 1080 g/mol. The number of unbranched alkanes of at least 4 members (excludes halogenated alkanes) is 51. The molecule has 2 unspecified atom stereocenters. The third-order valence-corrected chi connectivity index (χ3v) is 16.5. The van der Waals surface area contributed by atoms with Gasteiger partial charge in [-0.1, -0.05) is 327 Å². The number of hydrogen-bond donors (Lipinski definition) is 3. The topological polar surface area (TPSA) is 95.9 Å². The molecule has 0 aromatic carbocycles. The first-order valence-corrected chi connectivity index (χ1v) is 35.1. The Kier molecular flexibility index (Phi) is 65.4. The number of rotatable bonds is 66. The smallest absolute Gasteiger partial charge is 0.305 e. The van der Waals surface area contributed by atoms with E-state index in [1.165, 1.54) is 315 Å². The fourth-order valence-corrected chi connectivity index (χ4v) is 11.1. The minimum absolute atomic E-state index is 0.00651. The average molecular weight is 1080 g/mol. The maximum Gasteiger partial charge on any atom is 0.305 e. The molecule has 6 heteroatoms. The maximum absolute atomic E-state index is 12.5. The quantitative estimate of drug-likeness (QED) is 0.0320. The molecule has 0 radical (unpaired) electrons. The molecule has 0 aromatic rings. The van der Waals surface area contributed by atoms with E-state index in [1.54, 1.807) is 0 Å². The van der Waals surface area contributed by atoms with Crippen molar-refractivity contribution in [3.8, 4) is 0 Å². The fourth-order valence-electron chi connectivity index (χ4n) is 11.1. The molecule has 6 nitrogen and oxygen atoms in total. The molecule has 0 rings (SSSR count). The molecule has 0 bridgehead atoms. The van der Waals surface area contributed by atoms with Gasteiger partial charge in [0.25, 0.3) is 0 Å². The Hall–Kier alpha value is -1.66. The zero-order chi connectivity index (χ0) is 55.7. The molecule has 77 heavy (non-hydrogen) atoms. The Morgan fingerprint density at radius 3 is 0.922 bits per heavy atom. The van der Waals surface area contributed by atoms with Gasteiger partial charge in [-0.2, -0.15) is 0 Å². The minimum atomic E-state index is -0.666. The van der Waals surface area contributed by atoms with Crippen LogP contribution in [0.1, 0.15) is 393 Å². The Bertz CT molecular complexity index is 1200. The molecule has 0 aliphatic heterocycles. The second-order valence-electron chi connectivity index (χ2n) is 24.2. The second-order valence-corrected chi connectivity index (χ2v) is 24.2. The van der Waals surface area contributed by atoms with Crippen LogP contribution in [0.3, 0.4) is 0 Å². The molecule has 0 aliphatic carbocycles. The van der Waals surface area contributed by atoms with E-state index in [-0.39, 0.29) is 18.5 Å². The summed E-state index contributed by atoms with van der Waals surface area (Å²) < 4.78 is 5.48. The van der Waals surface area contributed by atoms with Crippen molar-refractivity contribution in [1.29, 1.82) is 0 Å². The lowest BCUT2D eigenvalue weighted by Crippen LogP contribution is -2.45. The molecule has 0 saturated carbocycles. The van der Waals surface area contributed by atoms with E-state index >= 15 is 0 Å². The van der Waals surface area contributed by atoms with Gasteiger partial charge in [-0.3, -0.25) is 9.59 Å². The summed E-state index contributed by atoms with van der Waals surface area (Å²) in [5.74, 6) is -0.0263. The Morgan fingerprint density at radius 2 is 0.610 bits per heavy atom. The number of carbonyl (C=O) groups is 2. The van der Waals surface area contributed by atoms with E-state index in [4.69, 9.17) is 4.74 Å². The van der Waals surface area contributed by atoms with Crippen molar-refractivity contribution in [2.45, 2.75) is 405 Å². The van der Waals surface area contributed by atoms with Gasteiger partial charge in [0.1, 0.15) is 0 Å². The number of aliphatic hydroxyl groups excluding tert-OH is 2. The fraction of sp³-hybridized carbons (Fsp3) is 0.915. The van der Waals surface area contributed by atoms with Gasteiger partial charge < -0.3 is 20.3 Å². The number of ether oxygens (including phenoxy) is 1. The van der Waals surface area contributed by atoms with Crippen molar-refractivity contribution in [2.75, 3.05) is 13.2 Å². The molecule has 0 saturated heterocycles. The zero-order valence-corrected chi connectivity index (χ0v) is 52.2. The highest BCUT2D eigenvalue weighted by atomic mass is 16.5. The lowest BCUT2D eigenvalue weighted by molar-refractivity contribution is -0.143. The van der Waals surface area contributed by atoms with Crippen LogP contribution < -0.4 is 5.32 Å². The molecule has 0 aliphatic rings. The van der Waals surface area contributed by atoms with Gasteiger partial charge in [0.2, 0.25) is 5.91 Å². The van der Waals surface area contributed by atoms with Crippen molar-refractivity contribution in [3.05, 3.63) is 24.3 Å². The van der Waals surface area contributed by atoms with Crippen LogP contribution in [-0.2, 0) is 14.3 Å². The van der Waals surface area contributed by atoms with E-state index in [0.717, 1.165) is 44.9 Å². The molecule has 0 aromatic heterocycles. The Labute approximate surface area is 481 Å². The van der Waals surface area contributed by atoms with E-state index in [0.29, 0.717) is 25.9 Å². The number of hydrogen-bond acceptors (Lipinski definition) is 5. The molecule has 0 spiro atoms. The van der Waals surface area contributed by atoms with Crippen molar-refractivity contribution >= 4 is 11.9 Å². The number of esters is 1. The number of allylic oxidation sites excluding steroid dienone is 4. The third-order valence-electron chi connectivity index (χ3n) is 16.5. The van der Waals surface area contributed by atoms with Crippen LogP contribution >= 0.6 is 0 Å². The standard InChI is InChI=1S/C71H137NO5/c1-3-5-7-9-11-13-15-17-19-20-21-30-33-36-39-43-47-51-55-59-63-69(74)68(67-73)72-70(75)64-60-56-52-48-44-40-37-34-31-28-26-24-22-23-25-27-29-32-35-38-42-46-50-54-58-62-66-77-71(76)65-61-57-53-49-45-41-18-16-14-12-10-8-6-4-2/h16,18,22,24,68-69,73-74H,3-15,17,19-21,23,25-67H2,1-2H3,(H,72,75)/b18-16-,24-22-. The van der Waals surface area contributed by atoms with Crippen LogP contribution in [0.2, 0.25) is 0 Å². The molecule has 3 N–H and O–H groups in total. The Morgan fingerprint density at radius 1 is 0.351 bits per heavy atom. The summed E-state index contributed by atoms with van der Waals surface area (Å²) in [4.78, 5) is 24.6. The average Bonchev–Trinajstić information content (AvgIpc) is 3.43. The van der Waals surface area contributed by atoms with Gasteiger partial charge in [-0.25, -0.2) is 0 Å². The SMILES string of the molecule is CCCCCCC/C=C\CCCCCCCC(=O)OCCCCCCCCCCCCCC/C=C\CCCCCCCCCCCCC(=O)NC(CO)C(O)CCCCCCCCCCCCCCCCCCCCCC. The molecular formula is C71H137NO5. The van der Waals surface area contributed by atoms with Crippen molar-refractivity contribution in [2.24, 2.45) is 0 Å². The second kappa shape index (κ2) is 66.8. The van der Waals surface area contributed by atoms with Crippen molar-refractivity contribution in [1.82, 2.24) is 5.32 Å². The van der Waals surface area contributed by atoms with E-state index < -0.39 is 12.1 Å². The van der Waals surface area contributed by atoms with Crippen LogP contribution in [0.5, 0.6) is 0 Å². The van der Waals surface area contributed by atoms with Gasteiger partial charge in [0, 0.05) is 12.8 Å². The number of amides is 1. The predicted molar refractivity (Wildman–Crippen MR) is 338 cm³/mol. The van der Waals surface area contributed by atoms with Gasteiger partial charge >= 0.3 is 5.97 Å². The largest absolute Gasteiger partial charge is 0.466 e. The third kappa shape index (κ3) is 63.4. The van der Waals surface area contributed by atoms with Gasteiger partial charge in [0.05, 0.1) is 25.4 Å². The first-order valence-electron chi connectivity index (χ1n) is 35.1. The highest BCUT2D eigenvalue weighted by Crippen LogP contribution is 2.19. The van der Waals surface area contributed by atoms with Crippen molar-refractivity contribution in [3.63, 3.8) is 0 Å².